The van der Waals surface area contributed by atoms with Crippen LogP contribution in [-0.2, 0) is 19.1 Å². The zero-order valence-electron chi connectivity index (χ0n) is 16.6. The van der Waals surface area contributed by atoms with Crippen molar-refractivity contribution in [3.8, 4) is 0 Å². The van der Waals surface area contributed by atoms with Gasteiger partial charge >= 0.3 is 11.9 Å². The fourth-order valence-corrected chi connectivity index (χ4v) is 3.45. The lowest BCUT2D eigenvalue weighted by Crippen LogP contribution is -2.42. The molecule has 1 aromatic rings. The van der Waals surface area contributed by atoms with Gasteiger partial charge in [-0.1, -0.05) is 19.1 Å². The summed E-state index contributed by atoms with van der Waals surface area (Å²) in [7, 11) is 0. The molecule has 1 heterocycles. The average Bonchev–Trinajstić information content (AvgIpc) is 2.90. The molecule has 2 amide bonds. The predicted molar refractivity (Wildman–Crippen MR) is 102 cm³/mol. The van der Waals surface area contributed by atoms with Crippen LogP contribution in [-0.4, -0.2) is 47.4 Å². The van der Waals surface area contributed by atoms with Gasteiger partial charge in [0, 0.05) is 26.3 Å². The number of imide groups is 1. The number of unbranched alkanes of at least 4 members (excludes halogenated alkanes) is 1. The Morgan fingerprint density at radius 2 is 1.61 bits per heavy atom. The minimum Gasteiger partial charge on any atom is -0.466 e. The number of fused-ring (bicyclic) bond motifs is 1. The lowest BCUT2D eigenvalue weighted by atomic mass is 10.0. The highest BCUT2D eigenvalue weighted by molar-refractivity contribution is 6.21. The van der Waals surface area contributed by atoms with Crippen molar-refractivity contribution < 1.29 is 28.7 Å². The first kappa shape index (κ1) is 21.6. The topological polar surface area (TPSA) is 90.0 Å². The Labute approximate surface area is 165 Å². The maximum Gasteiger partial charge on any atom is 0.302 e. The molecule has 0 saturated heterocycles. The molecule has 0 N–H and O–H groups in total. The molecule has 1 aliphatic rings. The van der Waals surface area contributed by atoms with E-state index in [1.165, 1.54) is 18.7 Å². The molecule has 7 nitrogen and oxygen atoms in total. The van der Waals surface area contributed by atoms with Crippen molar-refractivity contribution in [1.29, 1.82) is 0 Å². The average molecular weight is 389 g/mol. The van der Waals surface area contributed by atoms with Gasteiger partial charge in [0.15, 0.2) is 0 Å². The summed E-state index contributed by atoms with van der Waals surface area (Å²) < 4.78 is 10.3. The molecule has 0 spiro atoms. The first-order chi connectivity index (χ1) is 13.3. The Kier molecular flexibility index (Phi) is 7.72. The Balaban J connectivity index is 2.02. The van der Waals surface area contributed by atoms with E-state index in [2.05, 4.69) is 0 Å². The van der Waals surface area contributed by atoms with Gasteiger partial charge < -0.3 is 9.47 Å². The summed E-state index contributed by atoms with van der Waals surface area (Å²) in [6, 6.07) is 6.42. The van der Waals surface area contributed by atoms with Gasteiger partial charge in [-0.3, -0.25) is 24.1 Å². The van der Waals surface area contributed by atoms with Gasteiger partial charge in [-0.15, -0.1) is 0 Å². The number of ether oxygens (including phenoxy) is 2. The fourth-order valence-electron chi connectivity index (χ4n) is 3.45. The number of nitrogens with zero attached hydrogens (tertiary/aromatic N) is 1. The van der Waals surface area contributed by atoms with E-state index in [0.29, 0.717) is 49.8 Å². The zero-order chi connectivity index (χ0) is 20.7. The van der Waals surface area contributed by atoms with Crippen molar-refractivity contribution in [2.75, 3.05) is 6.61 Å². The van der Waals surface area contributed by atoms with Crippen molar-refractivity contribution in [2.24, 2.45) is 0 Å². The third-order valence-corrected chi connectivity index (χ3v) is 4.76. The lowest BCUT2D eigenvalue weighted by Gasteiger charge is -2.29. The molecule has 0 radical (unpaired) electrons. The summed E-state index contributed by atoms with van der Waals surface area (Å²) in [5.41, 5.74) is 0.827. The maximum atomic E-state index is 12.7. The van der Waals surface area contributed by atoms with Crippen LogP contribution in [0.1, 0.15) is 73.6 Å². The molecule has 28 heavy (non-hydrogen) atoms. The van der Waals surface area contributed by atoms with Crippen molar-refractivity contribution in [2.45, 2.75) is 65.0 Å². The van der Waals surface area contributed by atoms with Crippen LogP contribution in [0, 0.1) is 0 Å². The molecule has 1 aliphatic heterocycles. The molecular weight excluding hydrogens is 362 g/mol. The van der Waals surface area contributed by atoms with E-state index >= 15 is 0 Å². The van der Waals surface area contributed by atoms with E-state index in [1.807, 2.05) is 6.92 Å². The molecule has 2 atom stereocenters. The van der Waals surface area contributed by atoms with E-state index in [4.69, 9.17) is 9.47 Å². The minimum absolute atomic E-state index is 0.302. The quantitative estimate of drug-likeness (QED) is 0.347. The molecule has 0 unspecified atom stereocenters. The summed E-state index contributed by atoms with van der Waals surface area (Å²) in [6.45, 7) is 4.92. The first-order valence-corrected chi connectivity index (χ1v) is 9.62. The van der Waals surface area contributed by atoms with E-state index < -0.39 is 12.1 Å². The molecule has 0 aliphatic carbocycles. The molecule has 1 aromatic carbocycles. The molecule has 0 aromatic heterocycles. The second-order valence-electron chi connectivity index (χ2n) is 6.89. The number of esters is 2. The second kappa shape index (κ2) is 10.0. The molecule has 0 saturated carbocycles. The highest BCUT2D eigenvalue weighted by Crippen LogP contribution is 2.28. The van der Waals surface area contributed by atoms with E-state index in [-0.39, 0.29) is 23.8 Å². The third kappa shape index (κ3) is 5.41. The Hall–Kier alpha value is -2.70. The smallest absolute Gasteiger partial charge is 0.302 e. The summed E-state index contributed by atoms with van der Waals surface area (Å²) in [4.78, 5) is 49.0. The first-order valence-electron chi connectivity index (χ1n) is 9.62. The van der Waals surface area contributed by atoms with Gasteiger partial charge in [-0.25, -0.2) is 0 Å². The monoisotopic (exact) mass is 389 g/mol. The van der Waals surface area contributed by atoms with Crippen LogP contribution >= 0.6 is 0 Å². The normalized spacial score (nSPS) is 15.2. The number of hydrogen-bond acceptors (Lipinski definition) is 6. The SMILES string of the molecule is CC[C@H](C[C@H](CCCCOC(C)=O)OC(C)=O)N1C(=O)c2ccccc2C1=O. The van der Waals surface area contributed by atoms with Crippen molar-refractivity contribution in [3.63, 3.8) is 0 Å². The summed E-state index contributed by atoms with van der Waals surface area (Å²) >= 11 is 0. The highest BCUT2D eigenvalue weighted by Gasteiger charge is 2.40. The fraction of sp³-hybridized carbons (Fsp3) is 0.524. The summed E-state index contributed by atoms with van der Waals surface area (Å²) in [5.74, 6) is -1.33. The Bertz CT molecular complexity index is 709. The lowest BCUT2D eigenvalue weighted by molar-refractivity contribution is -0.147. The van der Waals surface area contributed by atoms with Crippen LogP contribution < -0.4 is 0 Å². The standard InChI is InChI=1S/C21H27NO6/c1-4-16(22-20(25)18-10-5-6-11-19(18)21(22)26)13-17(28-15(3)24)9-7-8-12-27-14(2)23/h5-6,10-11,16-17H,4,7-9,12-13H2,1-3H3/t16-,17+/m1/s1. The van der Waals surface area contributed by atoms with Gasteiger partial charge in [0.2, 0.25) is 0 Å². The van der Waals surface area contributed by atoms with Gasteiger partial charge in [-0.05, 0) is 37.8 Å². The van der Waals surface area contributed by atoms with Gasteiger partial charge in [0.05, 0.1) is 17.7 Å². The Morgan fingerprint density at radius 1 is 1.00 bits per heavy atom. The molecular formula is C21H27NO6. The van der Waals surface area contributed by atoms with Crippen LogP contribution in [0.5, 0.6) is 0 Å². The largest absolute Gasteiger partial charge is 0.466 e. The van der Waals surface area contributed by atoms with E-state index in [9.17, 15) is 19.2 Å². The van der Waals surface area contributed by atoms with E-state index in [0.717, 1.165) is 0 Å². The number of carbonyl (C=O) groups is 4. The predicted octanol–water partition coefficient (Wildman–Crippen LogP) is 3.12. The number of rotatable bonds is 10. The molecule has 0 fully saturated rings. The van der Waals surface area contributed by atoms with Crippen LogP contribution in [0.3, 0.4) is 0 Å². The minimum atomic E-state index is -0.413. The van der Waals surface area contributed by atoms with Crippen LogP contribution in [0.25, 0.3) is 0 Å². The molecule has 0 bridgehead atoms. The Morgan fingerprint density at radius 3 is 2.11 bits per heavy atom. The number of hydrogen-bond donors (Lipinski definition) is 0. The van der Waals surface area contributed by atoms with E-state index in [1.54, 1.807) is 24.3 Å². The van der Waals surface area contributed by atoms with Gasteiger partial charge in [0.1, 0.15) is 6.10 Å². The number of carbonyl (C=O) groups excluding carboxylic acids is 4. The third-order valence-electron chi connectivity index (χ3n) is 4.76. The van der Waals surface area contributed by atoms with Crippen LogP contribution in [0.2, 0.25) is 0 Å². The van der Waals surface area contributed by atoms with Crippen molar-refractivity contribution in [1.82, 2.24) is 4.90 Å². The molecule has 2 rings (SSSR count). The highest BCUT2D eigenvalue weighted by atomic mass is 16.5. The van der Waals surface area contributed by atoms with Crippen molar-refractivity contribution in [3.05, 3.63) is 35.4 Å². The van der Waals surface area contributed by atoms with Gasteiger partial charge in [0.25, 0.3) is 11.8 Å². The number of amides is 2. The van der Waals surface area contributed by atoms with Crippen LogP contribution in [0.15, 0.2) is 24.3 Å². The zero-order valence-corrected chi connectivity index (χ0v) is 16.6. The second-order valence-corrected chi connectivity index (χ2v) is 6.89. The summed E-state index contributed by atoms with van der Waals surface area (Å²) in [5, 5.41) is 0. The molecule has 7 heteroatoms. The number of benzene rings is 1. The molecule has 152 valence electrons. The summed E-state index contributed by atoms with van der Waals surface area (Å²) in [6.07, 6.45) is 2.46. The maximum absolute atomic E-state index is 12.7. The van der Waals surface area contributed by atoms with Gasteiger partial charge in [-0.2, -0.15) is 0 Å². The van der Waals surface area contributed by atoms with Crippen LogP contribution in [0.4, 0.5) is 0 Å². The van der Waals surface area contributed by atoms with Crippen molar-refractivity contribution >= 4 is 23.8 Å².